The maximum atomic E-state index is 5.57. The molecule has 0 bridgehead atoms. The molecule has 0 aliphatic carbocycles. The highest BCUT2D eigenvalue weighted by Crippen LogP contribution is 2.16. The summed E-state index contributed by atoms with van der Waals surface area (Å²) in [7, 11) is 0. The van der Waals surface area contributed by atoms with E-state index in [1.807, 2.05) is 0 Å². The molecule has 3 nitrogen and oxygen atoms in total. The van der Waals surface area contributed by atoms with Gasteiger partial charge in [-0.25, -0.2) is 0 Å². The van der Waals surface area contributed by atoms with E-state index >= 15 is 0 Å². The van der Waals surface area contributed by atoms with Crippen LogP contribution in [0.1, 0.15) is 52.9 Å². The summed E-state index contributed by atoms with van der Waals surface area (Å²) < 4.78 is 5.56. The topological polar surface area (TPSA) is 47.3 Å². The molecule has 0 radical (unpaired) electrons. The Bertz CT molecular complexity index is 131. The highest BCUT2D eigenvalue weighted by atomic mass is 16.5. The van der Waals surface area contributed by atoms with Gasteiger partial charge in [0.1, 0.15) is 0 Å². The SMILES string of the molecule is CCCCC(CC)C(COCCC)NN. The van der Waals surface area contributed by atoms with E-state index in [4.69, 9.17) is 10.6 Å². The molecule has 0 aliphatic rings. The summed E-state index contributed by atoms with van der Waals surface area (Å²) in [5, 5.41) is 0. The van der Waals surface area contributed by atoms with Crippen LogP contribution in [-0.4, -0.2) is 19.3 Å². The van der Waals surface area contributed by atoms with Crippen LogP contribution in [0.15, 0.2) is 0 Å². The van der Waals surface area contributed by atoms with E-state index in [0.717, 1.165) is 19.6 Å². The maximum Gasteiger partial charge on any atom is 0.0635 e. The van der Waals surface area contributed by atoms with Crippen LogP contribution in [-0.2, 0) is 4.74 Å². The van der Waals surface area contributed by atoms with E-state index in [1.54, 1.807) is 0 Å². The van der Waals surface area contributed by atoms with E-state index in [9.17, 15) is 0 Å². The fourth-order valence-corrected chi connectivity index (χ4v) is 1.83. The zero-order valence-electron chi connectivity index (χ0n) is 10.6. The largest absolute Gasteiger partial charge is 0.380 e. The third-order valence-electron chi connectivity index (χ3n) is 2.88. The second-order valence-corrected chi connectivity index (χ2v) is 4.16. The second kappa shape index (κ2) is 10.4. The molecule has 92 valence electrons. The number of nitrogens with two attached hydrogens (primary N) is 1. The van der Waals surface area contributed by atoms with Gasteiger partial charge in [-0.1, -0.05) is 40.0 Å². The van der Waals surface area contributed by atoms with E-state index < -0.39 is 0 Å². The van der Waals surface area contributed by atoms with Gasteiger partial charge < -0.3 is 4.74 Å². The van der Waals surface area contributed by atoms with Crippen molar-refractivity contribution >= 4 is 0 Å². The smallest absolute Gasteiger partial charge is 0.0635 e. The van der Waals surface area contributed by atoms with Crippen molar-refractivity contribution in [1.29, 1.82) is 0 Å². The van der Waals surface area contributed by atoms with Gasteiger partial charge in [0.25, 0.3) is 0 Å². The van der Waals surface area contributed by atoms with Gasteiger partial charge in [-0.05, 0) is 18.8 Å². The van der Waals surface area contributed by atoms with Gasteiger partial charge in [-0.2, -0.15) is 0 Å². The second-order valence-electron chi connectivity index (χ2n) is 4.16. The molecule has 0 spiro atoms. The first kappa shape index (κ1) is 14.9. The number of ether oxygens (including phenoxy) is 1. The normalized spacial score (nSPS) is 15.2. The predicted octanol–water partition coefficient (Wildman–Crippen LogP) is 2.46. The lowest BCUT2D eigenvalue weighted by atomic mass is 9.92. The van der Waals surface area contributed by atoms with E-state index in [0.29, 0.717) is 12.0 Å². The molecule has 0 aromatic heterocycles. The molecule has 0 aromatic rings. The first-order valence-electron chi connectivity index (χ1n) is 6.33. The highest BCUT2D eigenvalue weighted by Gasteiger charge is 2.18. The minimum absolute atomic E-state index is 0.313. The average Bonchev–Trinajstić information content (AvgIpc) is 2.27. The van der Waals surface area contributed by atoms with Crippen LogP contribution in [0.5, 0.6) is 0 Å². The Kier molecular flexibility index (Phi) is 10.3. The summed E-state index contributed by atoms with van der Waals surface area (Å²) in [5.74, 6) is 6.22. The monoisotopic (exact) mass is 216 g/mol. The molecule has 0 amide bonds. The Labute approximate surface area is 94.7 Å². The molecular formula is C12H28N2O. The molecule has 15 heavy (non-hydrogen) atoms. The Balaban J connectivity index is 3.85. The van der Waals surface area contributed by atoms with Crippen molar-refractivity contribution in [3.63, 3.8) is 0 Å². The summed E-state index contributed by atoms with van der Waals surface area (Å²) in [5.41, 5.74) is 2.90. The van der Waals surface area contributed by atoms with Crippen LogP contribution in [0.3, 0.4) is 0 Å². The van der Waals surface area contributed by atoms with E-state index in [2.05, 4.69) is 26.2 Å². The van der Waals surface area contributed by atoms with Crippen LogP contribution < -0.4 is 11.3 Å². The number of hydrogen-bond donors (Lipinski definition) is 2. The molecule has 0 rings (SSSR count). The van der Waals surface area contributed by atoms with Crippen LogP contribution in [0, 0.1) is 5.92 Å². The Morgan fingerprint density at radius 1 is 1.20 bits per heavy atom. The third kappa shape index (κ3) is 6.88. The molecule has 2 atom stereocenters. The quantitative estimate of drug-likeness (QED) is 0.335. The standard InChI is InChI=1S/C12H28N2O/c1-4-7-8-11(6-3)12(14-13)10-15-9-5-2/h11-12,14H,4-10,13H2,1-3H3. The summed E-state index contributed by atoms with van der Waals surface area (Å²) in [6.07, 6.45) is 6.03. The van der Waals surface area contributed by atoms with Crippen LogP contribution in [0.25, 0.3) is 0 Å². The Morgan fingerprint density at radius 2 is 1.93 bits per heavy atom. The summed E-state index contributed by atoms with van der Waals surface area (Å²) in [4.78, 5) is 0. The van der Waals surface area contributed by atoms with Gasteiger partial charge >= 0.3 is 0 Å². The van der Waals surface area contributed by atoms with E-state index in [-0.39, 0.29) is 0 Å². The Hall–Kier alpha value is -0.120. The van der Waals surface area contributed by atoms with Crippen LogP contribution in [0.4, 0.5) is 0 Å². The van der Waals surface area contributed by atoms with Gasteiger partial charge in [0, 0.05) is 12.6 Å². The van der Waals surface area contributed by atoms with Crippen molar-refractivity contribution in [2.45, 2.75) is 58.9 Å². The zero-order valence-corrected chi connectivity index (χ0v) is 10.6. The molecule has 2 unspecified atom stereocenters. The number of hydrogen-bond acceptors (Lipinski definition) is 3. The Morgan fingerprint density at radius 3 is 2.40 bits per heavy atom. The molecule has 0 saturated carbocycles. The van der Waals surface area contributed by atoms with Crippen molar-refractivity contribution in [1.82, 2.24) is 5.43 Å². The summed E-state index contributed by atoms with van der Waals surface area (Å²) in [6, 6.07) is 0.313. The molecule has 0 saturated heterocycles. The van der Waals surface area contributed by atoms with Crippen LogP contribution >= 0.6 is 0 Å². The number of rotatable bonds is 10. The molecule has 0 heterocycles. The van der Waals surface area contributed by atoms with E-state index in [1.165, 1.54) is 25.7 Å². The molecule has 0 fully saturated rings. The fraction of sp³-hybridized carbons (Fsp3) is 1.00. The minimum atomic E-state index is 0.313. The molecule has 3 N–H and O–H groups in total. The summed E-state index contributed by atoms with van der Waals surface area (Å²) >= 11 is 0. The highest BCUT2D eigenvalue weighted by molar-refractivity contribution is 4.73. The minimum Gasteiger partial charge on any atom is -0.380 e. The molecule has 0 aliphatic heterocycles. The van der Waals surface area contributed by atoms with Crippen LogP contribution in [0.2, 0.25) is 0 Å². The van der Waals surface area contributed by atoms with Crippen molar-refractivity contribution in [2.24, 2.45) is 11.8 Å². The van der Waals surface area contributed by atoms with Crippen molar-refractivity contribution < 1.29 is 4.74 Å². The van der Waals surface area contributed by atoms with Crippen molar-refractivity contribution in [3.8, 4) is 0 Å². The average molecular weight is 216 g/mol. The van der Waals surface area contributed by atoms with Gasteiger partial charge in [-0.3, -0.25) is 11.3 Å². The van der Waals surface area contributed by atoms with Gasteiger partial charge in [0.15, 0.2) is 0 Å². The van der Waals surface area contributed by atoms with Crippen molar-refractivity contribution in [3.05, 3.63) is 0 Å². The van der Waals surface area contributed by atoms with Crippen molar-refractivity contribution in [2.75, 3.05) is 13.2 Å². The number of hydrazine groups is 1. The maximum absolute atomic E-state index is 5.57. The fourth-order valence-electron chi connectivity index (χ4n) is 1.83. The van der Waals surface area contributed by atoms with Gasteiger partial charge in [-0.15, -0.1) is 0 Å². The first-order chi connectivity index (χ1) is 7.29. The van der Waals surface area contributed by atoms with Gasteiger partial charge in [0.05, 0.1) is 6.61 Å². The predicted molar refractivity (Wildman–Crippen MR) is 65.5 cm³/mol. The lowest BCUT2D eigenvalue weighted by Crippen LogP contribution is -2.44. The molecule has 0 aromatic carbocycles. The number of nitrogens with one attached hydrogen (secondary N) is 1. The first-order valence-corrected chi connectivity index (χ1v) is 6.33. The third-order valence-corrected chi connectivity index (χ3v) is 2.88. The zero-order chi connectivity index (χ0) is 11.5. The lowest BCUT2D eigenvalue weighted by molar-refractivity contribution is 0.0899. The molecule has 3 heteroatoms. The molecular weight excluding hydrogens is 188 g/mol. The lowest BCUT2D eigenvalue weighted by Gasteiger charge is -2.25. The number of unbranched alkanes of at least 4 members (excludes halogenated alkanes) is 1. The van der Waals surface area contributed by atoms with Gasteiger partial charge in [0.2, 0.25) is 0 Å². The summed E-state index contributed by atoms with van der Waals surface area (Å²) in [6.45, 7) is 8.16.